The average molecular weight is 314 g/mol. The lowest BCUT2D eigenvalue weighted by atomic mass is 10.3. The van der Waals surface area contributed by atoms with Gasteiger partial charge in [-0.25, -0.2) is 22.3 Å². The van der Waals surface area contributed by atoms with Crippen LogP contribution in [-0.4, -0.2) is 13.4 Å². The van der Waals surface area contributed by atoms with Crippen molar-refractivity contribution >= 4 is 10.0 Å². The van der Waals surface area contributed by atoms with E-state index < -0.39 is 32.3 Å². The summed E-state index contributed by atoms with van der Waals surface area (Å²) in [7, 11) is -4.32. The summed E-state index contributed by atoms with van der Waals surface area (Å²) in [6.45, 7) is 1.59. The van der Waals surface area contributed by atoms with Gasteiger partial charge in [0.1, 0.15) is 17.3 Å². The molecule has 0 aliphatic carbocycles. The molecular formula is C13H12F2N2O3S. The number of hydrogen-bond donors (Lipinski definition) is 1. The van der Waals surface area contributed by atoms with Gasteiger partial charge in [0.2, 0.25) is 10.0 Å². The van der Waals surface area contributed by atoms with Crippen LogP contribution in [0.4, 0.5) is 8.78 Å². The van der Waals surface area contributed by atoms with E-state index in [1.165, 1.54) is 0 Å². The van der Waals surface area contributed by atoms with Crippen molar-refractivity contribution in [3.8, 4) is 5.75 Å². The molecule has 0 radical (unpaired) electrons. The monoisotopic (exact) mass is 314 g/mol. The number of ether oxygens (including phenoxy) is 1. The minimum Gasteiger partial charge on any atom is -0.483 e. The van der Waals surface area contributed by atoms with Gasteiger partial charge >= 0.3 is 0 Å². The van der Waals surface area contributed by atoms with Crippen molar-refractivity contribution in [2.75, 3.05) is 0 Å². The summed E-state index contributed by atoms with van der Waals surface area (Å²) in [5.74, 6) is -2.83. The Morgan fingerprint density at radius 2 is 2.00 bits per heavy atom. The smallest absolute Gasteiger partial charge is 0.241 e. The van der Waals surface area contributed by atoms with Crippen molar-refractivity contribution in [3.63, 3.8) is 0 Å². The zero-order valence-corrected chi connectivity index (χ0v) is 11.8. The first-order valence-corrected chi connectivity index (χ1v) is 7.39. The lowest BCUT2D eigenvalue weighted by Crippen LogP contribution is -2.15. The number of sulfonamides is 1. The Kier molecular flexibility index (Phi) is 4.19. The topological polar surface area (TPSA) is 82.3 Å². The van der Waals surface area contributed by atoms with Crippen molar-refractivity contribution in [3.05, 3.63) is 53.4 Å². The SMILES string of the molecule is Cc1cccc(COc2c(F)cc(F)cc2S(N)(=O)=O)n1. The Labute approximate surface area is 120 Å². The molecule has 0 aliphatic rings. The highest BCUT2D eigenvalue weighted by molar-refractivity contribution is 7.89. The number of halogens is 2. The Morgan fingerprint density at radius 3 is 2.62 bits per heavy atom. The molecule has 0 aliphatic heterocycles. The lowest BCUT2D eigenvalue weighted by molar-refractivity contribution is 0.276. The summed E-state index contributed by atoms with van der Waals surface area (Å²) >= 11 is 0. The number of nitrogens with zero attached hydrogens (tertiary/aromatic N) is 1. The van der Waals surface area contributed by atoms with E-state index >= 15 is 0 Å². The molecule has 21 heavy (non-hydrogen) atoms. The molecule has 1 aromatic carbocycles. The van der Waals surface area contributed by atoms with Gasteiger partial charge in [0, 0.05) is 11.8 Å². The third-order valence-electron chi connectivity index (χ3n) is 2.59. The molecule has 8 heteroatoms. The van der Waals surface area contributed by atoms with E-state index in [1.807, 2.05) is 0 Å². The van der Waals surface area contributed by atoms with Gasteiger partial charge in [-0.1, -0.05) is 6.07 Å². The highest BCUT2D eigenvalue weighted by Crippen LogP contribution is 2.28. The average Bonchev–Trinajstić information content (AvgIpc) is 2.36. The molecule has 5 nitrogen and oxygen atoms in total. The molecular weight excluding hydrogens is 302 g/mol. The van der Waals surface area contributed by atoms with Crippen LogP contribution >= 0.6 is 0 Å². The molecule has 0 unspecified atom stereocenters. The normalized spacial score (nSPS) is 11.4. The molecule has 0 saturated heterocycles. The standard InChI is InChI=1S/C13H12F2N2O3S/c1-8-3-2-4-10(17-8)7-20-13-11(15)5-9(14)6-12(13)21(16,18)19/h2-6H,7H2,1H3,(H2,16,18,19). The second-order valence-corrected chi connectivity index (χ2v) is 5.85. The van der Waals surface area contributed by atoms with E-state index in [0.29, 0.717) is 17.8 Å². The van der Waals surface area contributed by atoms with Crippen molar-refractivity contribution < 1.29 is 21.9 Å². The summed E-state index contributed by atoms with van der Waals surface area (Å²) in [6.07, 6.45) is 0. The molecule has 1 aromatic heterocycles. The molecule has 2 rings (SSSR count). The molecule has 2 aromatic rings. The van der Waals surface area contributed by atoms with Gasteiger partial charge in [0.25, 0.3) is 0 Å². The van der Waals surface area contributed by atoms with Crippen molar-refractivity contribution in [1.29, 1.82) is 0 Å². The molecule has 2 N–H and O–H groups in total. The quantitative estimate of drug-likeness (QED) is 0.934. The predicted octanol–water partition coefficient (Wildman–Crippen LogP) is 1.89. The van der Waals surface area contributed by atoms with Crippen LogP contribution in [0.3, 0.4) is 0 Å². The van der Waals surface area contributed by atoms with E-state index in [2.05, 4.69) is 4.98 Å². The Balaban J connectivity index is 2.36. The second-order valence-electron chi connectivity index (χ2n) is 4.32. The Morgan fingerprint density at radius 1 is 1.29 bits per heavy atom. The third-order valence-corrected chi connectivity index (χ3v) is 3.51. The molecule has 0 atom stereocenters. The number of rotatable bonds is 4. The van der Waals surface area contributed by atoms with E-state index in [-0.39, 0.29) is 6.61 Å². The van der Waals surface area contributed by atoms with E-state index in [1.54, 1.807) is 25.1 Å². The summed E-state index contributed by atoms with van der Waals surface area (Å²) in [5, 5.41) is 4.93. The predicted molar refractivity (Wildman–Crippen MR) is 71.0 cm³/mol. The zero-order chi connectivity index (χ0) is 15.6. The van der Waals surface area contributed by atoms with Gasteiger partial charge in [-0.05, 0) is 25.1 Å². The van der Waals surface area contributed by atoms with Gasteiger partial charge in [0.15, 0.2) is 11.6 Å². The van der Waals surface area contributed by atoms with E-state index in [0.717, 1.165) is 5.69 Å². The van der Waals surface area contributed by atoms with Gasteiger partial charge < -0.3 is 4.74 Å². The first-order chi connectivity index (χ1) is 9.77. The van der Waals surface area contributed by atoms with Crippen LogP contribution in [0, 0.1) is 18.6 Å². The highest BCUT2D eigenvalue weighted by Gasteiger charge is 2.21. The fourth-order valence-corrected chi connectivity index (χ4v) is 2.41. The van der Waals surface area contributed by atoms with Gasteiger partial charge in [0.05, 0.1) is 5.69 Å². The van der Waals surface area contributed by atoms with Crippen LogP contribution in [0.15, 0.2) is 35.2 Å². The summed E-state index contributed by atoms with van der Waals surface area (Å²) < 4.78 is 54.7. The summed E-state index contributed by atoms with van der Waals surface area (Å²) in [5.41, 5.74) is 1.20. The second kappa shape index (κ2) is 5.74. The van der Waals surface area contributed by atoms with E-state index in [9.17, 15) is 17.2 Å². The van der Waals surface area contributed by atoms with E-state index in [4.69, 9.17) is 9.88 Å². The number of benzene rings is 1. The highest BCUT2D eigenvalue weighted by atomic mass is 32.2. The number of nitrogens with two attached hydrogens (primary N) is 1. The van der Waals surface area contributed by atoms with Gasteiger partial charge in [-0.2, -0.15) is 0 Å². The molecule has 1 heterocycles. The maximum absolute atomic E-state index is 13.7. The minimum atomic E-state index is -4.32. The number of pyridine rings is 1. The molecule has 0 bridgehead atoms. The first-order valence-electron chi connectivity index (χ1n) is 5.84. The summed E-state index contributed by atoms with van der Waals surface area (Å²) in [4.78, 5) is 3.38. The number of hydrogen-bond acceptors (Lipinski definition) is 4. The molecule has 0 amide bonds. The van der Waals surface area contributed by atoms with Crippen molar-refractivity contribution in [2.45, 2.75) is 18.4 Å². The molecule has 0 spiro atoms. The molecule has 0 fully saturated rings. The zero-order valence-electron chi connectivity index (χ0n) is 11.0. The number of aryl methyl sites for hydroxylation is 1. The van der Waals surface area contributed by atoms with Crippen LogP contribution in [0.2, 0.25) is 0 Å². The maximum atomic E-state index is 13.7. The number of primary sulfonamides is 1. The first kappa shape index (κ1) is 15.3. The minimum absolute atomic E-state index is 0.174. The lowest BCUT2D eigenvalue weighted by Gasteiger charge is -2.11. The number of aromatic nitrogens is 1. The summed E-state index contributed by atoms with van der Waals surface area (Å²) in [6, 6.07) is 6.25. The molecule has 0 saturated carbocycles. The van der Waals surface area contributed by atoms with Crippen LogP contribution in [0.25, 0.3) is 0 Å². The van der Waals surface area contributed by atoms with Crippen LogP contribution < -0.4 is 9.88 Å². The van der Waals surface area contributed by atoms with Crippen molar-refractivity contribution in [1.82, 2.24) is 4.98 Å². The third kappa shape index (κ3) is 3.73. The fourth-order valence-electron chi connectivity index (χ4n) is 1.71. The van der Waals surface area contributed by atoms with Gasteiger partial charge in [-0.15, -0.1) is 0 Å². The van der Waals surface area contributed by atoms with Crippen LogP contribution in [0.1, 0.15) is 11.4 Å². The Bertz CT molecular complexity index is 779. The van der Waals surface area contributed by atoms with Crippen LogP contribution in [0.5, 0.6) is 5.75 Å². The largest absolute Gasteiger partial charge is 0.483 e. The van der Waals surface area contributed by atoms with Gasteiger partial charge in [-0.3, -0.25) is 4.98 Å². The van der Waals surface area contributed by atoms with Crippen LogP contribution in [-0.2, 0) is 16.6 Å². The Hall–Kier alpha value is -2.06. The maximum Gasteiger partial charge on any atom is 0.241 e. The molecule has 112 valence electrons. The fraction of sp³-hybridized carbons (Fsp3) is 0.154. The van der Waals surface area contributed by atoms with Crippen molar-refractivity contribution in [2.24, 2.45) is 5.14 Å².